The Morgan fingerprint density at radius 2 is 2.00 bits per heavy atom. The van der Waals surface area contributed by atoms with Crippen molar-refractivity contribution in [2.24, 2.45) is 0 Å². The highest BCUT2D eigenvalue weighted by Crippen LogP contribution is 2.36. The van der Waals surface area contributed by atoms with Crippen molar-refractivity contribution in [2.75, 3.05) is 6.61 Å². The maximum Gasteiger partial charge on any atom is 0.191 e. The number of hydrogen-bond donors (Lipinski definition) is 0. The first-order chi connectivity index (χ1) is 7.28. The van der Waals surface area contributed by atoms with Gasteiger partial charge >= 0.3 is 0 Å². The molecule has 4 heteroatoms. The highest BCUT2D eigenvalue weighted by Gasteiger charge is 2.39. The first kappa shape index (κ1) is 13.7. The summed E-state index contributed by atoms with van der Waals surface area (Å²) in [5, 5.41) is 8.85. The van der Waals surface area contributed by atoms with E-state index in [2.05, 4.69) is 39.9 Å². The molecule has 0 aromatic carbocycles. The Bertz CT molecular complexity index is 278. The van der Waals surface area contributed by atoms with Crippen molar-refractivity contribution in [2.45, 2.75) is 64.0 Å². The zero-order valence-electron chi connectivity index (χ0n) is 11.0. The number of epoxide rings is 1. The Morgan fingerprint density at radius 3 is 2.44 bits per heavy atom. The molecule has 1 rings (SSSR count). The molecule has 0 aromatic rings. The van der Waals surface area contributed by atoms with E-state index in [9.17, 15) is 0 Å². The van der Waals surface area contributed by atoms with Gasteiger partial charge < -0.3 is 9.16 Å². The molecular formula is C12H23NO2Si. The molecule has 0 amide bonds. The molecule has 0 saturated carbocycles. The maximum absolute atomic E-state index is 8.57. The minimum atomic E-state index is -1.59. The van der Waals surface area contributed by atoms with Crippen LogP contribution < -0.4 is 0 Å². The summed E-state index contributed by atoms with van der Waals surface area (Å²) in [6.07, 6.45) is 1.98. The van der Waals surface area contributed by atoms with Crippen LogP contribution in [0.5, 0.6) is 0 Å². The molecule has 1 aliphatic heterocycles. The number of rotatable bonds is 5. The summed E-state index contributed by atoms with van der Waals surface area (Å²) in [6.45, 7) is 12.1. The highest BCUT2D eigenvalue weighted by molar-refractivity contribution is 6.74. The van der Waals surface area contributed by atoms with Gasteiger partial charge in [0.2, 0.25) is 0 Å². The van der Waals surface area contributed by atoms with Crippen molar-refractivity contribution in [3.8, 4) is 6.07 Å². The number of hydrogen-bond acceptors (Lipinski definition) is 3. The van der Waals surface area contributed by atoms with Gasteiger partial charge in [-0.2, -0.15) is 5.26 Å². The van der Waals surface area contributed by atoms with Crippen molar-refractivity contribution in [1.29, 1.82) is 5.26 Å². The average Bonchev–Trinajstić information content (AvgIpc) is 2.89. The Labute approximate surface area is 99.9 Å². The second-order valence-electron chi connectivity index (χ2n) is 5.98. The van der Waals surface area contributed by atoms with E-state index in [4.69, 9.17) is 14.4 Å². The monoisotopic (exact) mass is 241 g/mol. The van der Waals surface area contributed by atoms with Crippen molar-refractivity contribution in [3.63, 3.8) is 0 Å². The quantitative estimate of drug-likeness (QED) is 0.422. The van der Waals surface area contributed by atoms with Crippen LogP contribution >= 0.6 is 0 Å². The van der Waals surface area contributed by atoms with Gasteiger partial charge in [-0.05, 0) is 31.0 Å². The molecule has 0 aromatic heterocycles. The summed E-state index contributed by atoms with van der Waals surface area (Å²) in [5.74, 6) is 0. The number of nitrogens with zero attached hydrogens (tertiary/aromatic N) is 1. The zero-order chi connectivity index (χ0) is 12.4. The minimum absolute atomic E-state index is 0.145. The van der Waals surface area contributed by atoms with Crippen LogP contribution in [0.4, 0.5) is 0 Å². The average molecular weight is 241 g/mol. The predicted molar refractivity (Wildman–Crippen MR) is 66.7 cm³/mol. The van der Waals surface area contributed by atoms with E-state index < -0.39 is 8.32 Å². The van der Waals surface area contributed by atoms with Gasteiger partial charge in [0.1, 0.15) is 0 Å². The van der Waals surface area contributed by atoms with Crippen LogP contribution in [0.3, 0.4) is 0 Å². The molecular weight excluding hydrogens is 218 g/mol. The Morgan fingerprint density at radius 1 is 1.38 bits per heavy atom. The van der Waals surface area contributed by atoms with E-state index in [-0.39, 0.29) is 17.2 Å². The van der Waals surface area contributed by atoms with Gasteiger partial charge in [0.05, 0.1) is 12.2 Å². The molecule has 0 N–H and O–H groups in total. The fourth-order valence-corrected chi connectivity index (χ4v) is 2.39. The molecule has 0 bridgehead atoms. The number of nitriles is 1. The maximum atomic E-state index is 8.57. The lowest BCUT2D eigenvalue weighted by atomic mass is 10.2. The third-order valence-corrected chi connectivity index (χ3v) is 8.15. The molecule has 0 spiro atoms. The Hall–Kier alpha value is -0.373. The molecule has 1 fully saturated rings. The molecule has 0 aliphatic carbocycles. The van der Waals surface area contributed by atoms with E-state index in [0.29, 0.717) is 0 Å². The summed E-state index contributed by atoms with van der Waals surface area (Å²) < 4.78 is 11.2. The van der Waals surface area contributed by atoms with Crippen molar-refractivity contribution in [3.05, 3.63) is 0 Å². The molecule has 1 aliphatic rings. The Kier molecular flexibility index (Phi) is 4.16. The van der Waals surface area contributed by atoms with E-state index in [1.54, 1.807) is 0 Å². The fourth-order valence-electron chi connectivity index (χ4n) is 1.30. The molecule has 16 heavy (non-hydrogen) atoms. The number of ether oxygens (including phenoxy) is 1. The normalized spacial score (nSPS) is 25.2. The lowest BCUT2D eigenvalue weighted by molar-refractivity contribution is 0.270. The van der Waals surface area contributed by atoms with Crippen LogP contribution in [-0.2, 0) is 9.16 Å². The molecule has 2 atom stereocenters. The van der Waals surface area contributed by atoms with E-state index in [1.807, 2.05) is 0 Å². The van der Waals surface area contributed by atoms with E-state index >= 15 is 0 Å². The minimum Gasteiger partial charge on any atom is -0.417 e. The third-order valence-electron chi connectivity index (χ3n) is 3.61. The SMILES string of the molecule is CC(C)(C)[Si](C)(C)OCCC[C@@H]1O[C@H]1C#N. The third kappa shape index (κ3) is 3.58. The molecule has 0 radical (unpaired) electrons. The van der Waals surface area contributed by atoms with Crippen LogP contribution in [0.2, 0.25) is 18.1 Å². The van der Waals surface area contributed by atoms with Crippen LogP contribution in [0.25, 0.3) is 0 Å². The van der Waals surface area contributed by atoms with Gasteiger partial charge in [-0.15, -0.1) is 0 Å². The van der Waals surface area contributed by atoms with Crippen LogP contribution in [0.15, 0.2) is 0 Å². The molecule has 1 saturated heterocycles. The van der Waals surface area contributed by atoms with Crippen molar-refractivity contribution in [1.82, 2.24) is 0 Å². The summed E-state index contributed by atoms with van der Waals surface area (Å²) in [6, 6.07) is 2.12. The molecule has 0 unspecified atom stereocenters. The van der Waals surface area contributed by atoms with E-state index in [1.165, 1.54) is 0 Å². The van der Waals surface area contributed by atoms with Gasteiger partial charge in [0.25, 0.3) is 0 Å². The first-order valence-corrected chi connectivity index (χ1v) is 8.88. The van der Waals surface area contributed by atoms with E-state index in [0.717, 1.165) is 19.4 Å². The summed E-state index contributed by atoms with van der Waals surface area (Å²) in [5.41, 5.74) is 0. The lowest BCUT2D eigenvalue weighted by Gasteiger charge is -2.36. The molecule has 92 valence electrons. The second-order valence-corrected chi connectivity index (χ2v) is 10.8. The zero-order valence-corrected chi connectivity index (χ0v) is 12.0. The largest absolute Gasteiger partial charge is 0.417 e. The van der Waals surface area contributed by atoms with Crippen molar-refractivity contribution < 1.29 is 9.16 Å². The standard InChI is InChI=1S/C12H23NO2Si/c1-12(2,3)16(4,5)14-8-6-7-10-11(9-13)15-10/h10-11H,6-8H2,1-5H3/t10-,11-/m0/s1. The van der Waals surface area contributed by atoms with Crippen molar-refractivity contribution >= 4 is 8.32 Å². The van der Waals surface area contributed by atoms with Gasteiger partial charge in [-0.1, -0.05) is 20.8 Å². The van der Waals surface area contributed by atoms with Crippen LogP contribution in [-0.4, -0.2) is 27.1 Å². The predicted octanol–water partition coefficient (Wildman–Crippen LogP) is 3.08. The van der Waals surface area contributed by atoms with Gasteiger partial charge in [0.15, 0.2) is 14.4 Å². The van der Waals surface area contributed by atoms with Gasteiger partial charge in [-0.3, -0.25) is 0 Å². The summed E-state index contributed by atoms with van der Waals surface area (Å²) in [4.78, 5) is 0. The summed E-state index contributed by atoms with van der Waals surface area (Å²) >= 11 is 0. The highest BCUT2D eigenvalue weighted by atomic mass is 28.4. The Balaban J connectivity index is 2.14. The first-order valence-electron chi connectivity index (χ1n) is 5.97. The smallest absolute Gasteiger partial charge is 0.191 e. The van der Waals surface area contributed by atoms with Gasteiger partial charge in [0, 0.05) is 6.61 Å². The topological polar surface area (TPSA) is 45.5 Å². The van der Waals surface area contributed by atoms with Crippen LogP contribution in [0, 0.1) is 11.3 Å². The van der Waals surface area contributed by atoms with Gasteiger partial charge in [-0.25, -0.2) is 0 Å². The molecule has 1 heterocycles. The fraction of sp³-hybridized carbons (Fsp3) is 0.917. The lowest BCUT2D eigenvalue weighted by Crippen LogP contribution is -2.41. The second kappa shape index (κ2) is 4.87. The van der Waals surface area contributed by atoms with Crippen LogP contribution in [0.1, 0.15) is 33.6 Å². The summed E-state index contributed by atoms with van der Waals surface area (Å²) in [7, 11) is -1.59. The molecule has 3 nitrogen and oxygen atoms in total.